The number of allylic oxidation sites excluding steroid dienone is 1. The molecule has 57 valence electrons. The van der Waals surface area contributed by atoms with E-state index in [1.54, 1.807) is 11.4 Å². The third-order valence-electron chi connectivity index (χ3n) is 1.61. The summed E-state index contributed by atoms with van der Waals surface area (Å²) in [5, 5.41) is 1.72. The maximum atomic E-state index is 11.1. The van der Waals surface area contributed by atoms with Gasteiger partial charge in [-0.2, -0.15) is 11.3 Å². The summed E-state index contributed by atoms with van der Waals surface area (Å²) in [5.41, 5.74) is 0.310. The van der Waals surface area contributed by atoms with Crippen LogP contribution in [0.2, 0.25) is 0 Å². The minimum Gasteiger partial charge on any atom is -0.365 e. The van der Waals surface area contributed by atoms with Crippen molar-refractivity contribution in [2.24, 2.45) is 0 Å². The quantitative estimate of drug-likeness (QED) is 0.398. The molecule has 0 aromatic carbocycles. The van der Waals surface area contributed by atoms with Crippen molar-refractivity contribution >= 4 is 22.9 Å². The van der Waals surface area contributed by atoms with E-state index in [4.69, 9.17) is 6.58 Å². The zero-order valence-corrected chi connectivity index (χ0v) is 9.69. The van der Waals surface area contributed by atoms with E-state index in [0.717, 1.165) is 0 Å². The third kappa shape index (κ3) is 1.16. The molecule has 0 saturated carbocycles. The van der Waals surface area contributed by atoms with Crippen LogP contribution < -0.4 is 0 Å². The van der Waals surface area contributed by atoms with Gasteiger partial charge in [0.25, 0.3) is 0 Å². The third-order valence-corrected chi connectivity index (χ3v) is 2.52. The van der Waals surface area contributed by atoms with Crippen LogP contribution in [-0.2, 0) is 32.7 Å². The second kappa shape index (κ2) is 3.32. The molecule has 0 amide bonds. The van der Waals surface area contributed by atoms with Crippen molar-refractivity contribution in [2.75, 3.05) is 0 Å². The zero-order chi connectivity index (χ0) is 8.01. The summed E-state index contributed by atoms with van der Waals surface area (Å²) in [6, 6.07) is 1.63. The first kappa shape index (κ1) is 9.97. The number of fused-ring (bicyclic) bond motifs is 1. The maximum absolute atomic E-state index is 11.1. The minimum absolute atomic E-state index is 0. The minimum atomic E-state index is -0.328. The summed E-state index contributed by atoms with van der Waals surface area (Å²) in [4.78, 5) is 22.7. The molecule has 0 atom stereocenters. The monoisotopic (exact) mass is 252 g/mol. The summed E-state index contributed by atoms with van der Waals surface area (Å²) >= 11 is 1.26. The van der Waals surface area contributed by atoms with Crippen LogP contribution >= 0.6 is 11.3 Å². The van der Waals surface area contributed by atoms with Crippen LogP contribution in [0.4, 0.5) is 0 Å². The molecular formula is C8H3O2SY-. The number of ketones is 2. The van der Waals surface area contributed by atoms with Crippen LogP contribution in [0.5, 0.6) is 0 Å². The van der Waals surface area contributed by atoms with Crippen molar-refractivity contribution < 1.29 is 42.3 Å². The summed E-state index contributed by atoms with van der Waals surface area (Å²) in [5.74, 6) is -0.647. The Morgan fingerprint density at radius 1 is 1.25 bits per heavy atom. The molecule has 1 aromatic rings. The molecule has 4 heteroatoms. The van der Waals surface area contributed by atoms with Gasteiger partial charge in [-0.05, 0) is 10.9 Å². The van der Waals surface area contributed by atoms with Gasteiger partial charge < -0.3 is 9.59 Å². The summed E-state index contributed by atoms with van der Waals surface area (Å²) < 4.78 is 0. The van der Waals surface area contributed by atoms with Crippen LogP contribution in [0, 0.1) is 6.58 Å². The Labute approximate surface area is 98.5 Å². The SMILES string of the molecule is [CH-]=C1C(=O)c2ccsc2C1=O.[Y]. The van der Waals surface area contributed by atoms with E-state index < -0.39 is 0 Å². The van der Waals surface area contributed by atoms with Crippen molar-refractivity contribution in [3.63, 3.8) is 0 Å². The van der Waals surface area contributed by atoms with Crippen LogP contribution in [0.25, 0.3) is 0 Å². The first-order valence-electron chi connectivity index (χ1n) is 3.01. The van der Waals surface area contributed by atoms with E-state index in [1.807, 2.05) is 0 Å². The smallest absolute Gasteiger partial charge is 0.0912 e. The molecule has 1 heterocycles. The Morgan fingerprint density at radius 3 is 2.50 bits per heavy atom. The largest absolute Gasteiger partial charge is 0.365 e. The van der Waals surface area contributed by atoms with E-state index in [-0.39, 0.29) is 49.8 Å². The van der Waals surface area contributed by atoms with Gasteiger partial charge in [0.1, 0.15) is 0 Å². The molecule has 2 rings (SSSR count). The van der Waals surface area contributed by atoms with Gasteiger partial charge in [0.2, 0.25) is 0 Å². The molecule has 1 aliphatic carbocycles. The van der Waals surface area contributed by atoms with Gasteiger partial charge >= 0.3 is 0 Å². The average Bonchev–Trinajstić information content (AvgIpc) is 2.53. The van der Waals surface area contributed by atoms with Crippen molar-refractivity contribution in [3.05, 3.63) is 34.0 Å². The molecule has 1 radical (unpaired) electrons. The fraction of sp³-hybridized carbons (Fsp3) is 0. The van der Waals surface area contributed by atoms with Crippen LogP contribution in [-0.4, -0.2) is 11.6 Å². The van der Waals surface area contributed by atoms with Crippen LogP contribution in [0.15, 0.2) is 17.0 Å². The Kier molecular flexibility index (Phi) is 2.76. The van der Waals surface area contributed by atoms with Crippen LogP contribution in [0.1, 0.15) is 20.0 Å². The predicted molar refractivity (Wildman–Crippen MR) is 40.8 cm³/mol. The summed E-state index contributed by atoms with van der Waals surface area (Å²) in [6.45, 7) is 5.24. The van der Waals surface area contributed by atoms with Gasteiger partial charge in [-0.15, -0.1) is 5.57 Å². The fourth-order valence-corrected chi connectivity index (χ4v) is 1.88. The number of hydrogen-bond acceptors (Lipinski definition) is 3. The van der Waals surface area contributed by atoms with Crippen molar-refractivity contribution in [1.29, 1.82) is 0 Å². The first-order chi connectivity index (χ1) is 5.22. The molecule has 0 saturated heterocycles. The van der Waals surface area contributed by atoms with Crippen LogP contribution in [0.3, 0.4) is 0 Å². The molecule has 1 aliphatic rings. The Balaban J connectivity index is 0.000000720. The number of rotatable bonds is 0. The predicted octanol–water partition coefficient (Wildman–Crippen LogP) is 1.48. The van der Waals surface area contributed by atoms with E-state index in [0.29, 0.717) is 10.4 Å². The van der Waals surface area contributed by atoms with E-state index in [2.05, 4.69) is 0 Å². The second-order valence-electron chi connectivity index (χ2n) is 2.24. The second-order valence-corrected chi connectivity index (χ2v) is 3.15. The van der Waals surface area contributed by atoms with E-state index in [9.17, 15) is 9.59 Å². The van der Waals surface area contributed by atoms with Gasteiger partial charge in [0.15, 0.2) is 0 Å². The topological polar surface area (TPSA) is 34.1 Å². The molecule has 2 nitrogen and oxygen atoms in total. The number of Topliss-reactive ketones (excluding diaryl/α,β-unsaturated/α-hetero) is 2. The van der Waals surface area contributed by atoms with Gasteiger partial charge in [0.05, 0.1) is 11.6 Å². The first-order valence-corrected chi connectivity index (χ1v) is 3.89. The van der Waals surface area contributed by atoms with Crippen molar-refractivity contribution in [2.45, 2.75) is 0 Å². The maximum Gasteiger partial charge on any atom is 0.0912 e. The standard InChI is InChI=1S/C8H3O2S.Y/c1-4-6(9)5-2-3-11-8(5)7(4)10;/h1-3H;/q-1;. The molecular weight excluding hydrogens is 249 g/mol. The zero-order valence-electron chi connectivity index (χ0n) is 6.03. The van der Waals surface area contributed by atoms with E-state index >= 15 is 0 Å². The van der Waals surface area contributed by atoms with Gasteiger partial charge in [-0.3, -0.25) is 0 Å². The Hall–Kier alpha value is -0.116. The summed E-state index contributed by atoms with van der Waals surface area (Å²) in [6.07, 6.45) is 0. The molecule has 0 unspecified atom stereocenters. The van der Waals surface area contributed by atoms with Crippen molar-refractivity contribution in [3.8, 4) is 0 Å². The van der Waals surface area contributed by atoms with Gasteiger partial charge in [0, 0.05) is 37.6 Å². The Bertz CT molecular complexity index is 346. The van der Waals surface area contributed by atoms with Gasteiger partial charge in [-0.1, -0.05) is 6.07 Å². The number of carbonyl (C=O) groups is 2. The number of carbonyl (C=O) groups excluding carboxylic acids is 2. The van der Waals surface area contributed by atoms with E-state index in [1.165, 1.54) is 11.3 Å². The molecule has 0 N–H and O–H groups in total. The number of hydrogen-bond donors (Lipinski definition) is 0. The Morgan fingerprint density at radius 2 is 1.92 bits per heavy atom. The van der Waals surface area contributed by atoms with Crippen molar-refractivity contribution in [1.82, 2.24) is 0 Å². The molecule has 0 aliphatic heterocycles. The van der Waals surface area contributed by atoms with Gasteiger partial charge in [-0.25, -0.2) is 6.58 Å². The molecule has 0 bridgehead atoms. The molecule has 12 heavy (non-hydrogen) atoms. The molecule has 0 spiro atoms. The molecule has 0 fully saturated rings. The average molecular weight is 252 g/mol. The fourth-order valence-electron chi connectivity index (χ4n) is 1.03. The normalized spacial score (nSPS) is 14.5. The number of thiophene rings is 1. The molecule has 1 aromatic heterocycles. The summed E-state index contributed by atoms with van der Waals surface area (Å²) in [7, 11) is 0.